The van der Waals surface area contributed by atoms with Gasteiger partial charge in [-0.1, -0.05) is 28.1 Å². The molecule has 0 radical (unpaired) electrons. The Balaban J connectivity index is 2.03. The van der Waals surface area contributed by atoms with Gasteiger partial charge in [-0.2, -0.15) is 0 Å². The van der Waals surface area contributed by atoms with Gasteiger partial charge >= 0.3 is 0 Å². The lowest BCUT2D eigenvalue weighted by Crippen LogP contribution is -2.16. The number of nitrogens with one attached hydrogen (secondary N) is 1. The van der Waals surface area contributed by atoms with E-state index in [4.69, 9.17) is 5.73 Å². The molecule has 1 aromatic carbocycles. The number of anilines is 2. The number of nitrogens with two attached hydrogens (primary N) is 1. The van der Waals surface area contributed by atoms with E-state index >= 15 is 0 Å². The molecule has 0 atom stereocenters. The Morgan fingerprint density at radius 3 is 2.68 bits per heavy atom. The van der Waals surface area contributed by atoms with Crippen molar-refractivity contribution in [2.24, 2.45) is 0 Å². The van der Waals surface area contributed by atoms with Crippen LogP contribution in [0.2, 0.25) is 0 Å². The maximum absolute atomic E-state index is 11.9. The average molecular weight is 320 g/mol. The van der Waals surface area contributed by atoms with Gasteiger partial charge in [0.25, 0.3) is 0 Å². The molecule has 0 fully saturated rings. The van der Waals surface area contributed by atoms with Gasteiger partial charge in [-0.25, -0.2) is 4.98 Å². The molecule has 2 aromatic rings. The first-order chi connectivity index (χ1) is 9.04. The molecule has 0 aliphatic rings. The van der Waals surface area contributed by atoms with E-state index < -0.39 is 0 Å². The predicted molar refractivity (Wildman–Crippen MR) is 79.9 cm³/mol. The van der Waals surface area contributed by atoms with Crippen molar-refractivity contribution in [2.75, 3.05) is 11.1 Å². The van der Waals surface area contributed by atoms with E-state index in [0.29, 0.717) is 17.9 Å². The number of carbonyl (C=O) groups is 1. The zero-order valence-electron chi connectivity index (χ0n) is 10.5. The van der Waals surface area contributed by atoms with E-state index in [0.717, 1.165) is 15.6 Å². The topological polar surface area (TPSA) is 68.0 Å². The van der Waals surface area contributed by atoms with Gasteiger partial charge < -0.3 is 11.1 Å². The van der Waals surface area contributed by atoms with E-state index in [1.165, 1.54) is 6.20 Å². The van der Waals surface area contributed by atoms with Crippen LogP contribution in [-0.2, 0) is 11.2 Å². The van der Waals surface area contributed by atoms with Crippen molar-refractivity contribution in [1.29, 1.82) is 0 Å². The summed E-state index contributed by atoms with van der Waals surface area (Å²) in [6.07, 6.45) is 1.85. The van der Waals surface area contributed by atoms with Gasteiger partial charge in [0, 0.05) is 4.47 Å². The number of hydrogen-bond donors (Lipinski definition) is 2. The minimum absolute atomic E-state index is 0.0947. The van der Waals surface area contributed by atoms with Crippen molar-refractivity contribution in [3.63, 3.8) is 0 Å². The van der Waals surface area contributed by atoms with Crippen molar-refractivity contribution >= 4 is 33.3 Å². The van der Waals surface area contributed by atoms with Crippen LogP contribution in [0.5, 0.6) is 0 Å². The summed E-state index contributed by atoms with van der Waals surface area (Å²) in [4.78, 5) is 16.0. The summed E-state index contributed by atoms with van der Waals surface area (Å²) in [7, 11) is 0. The van der Waals surface area contributed by atoms with Crippen molar-refractivity contribution in [2.45, 2.75) is 13.3 Å². The smallest absolute Gasteiger partial charge is 0.229 e. The summed E-state index contributed by atoms with van der Waals surface area (Å²) >= 11 is 3.36. The maximum atomic E-state index is 11.9. The van der Waals surface area contributed by atoms with E-state index in [2.05, 4.69) is 26.2 Å². The number of benzene rings is 1. The Bertz CT molecular complexity index is 596. The molecular formula is C14H14BrN3O. The number of nitrogen functional groups attached to an aromatic ring is 1. The molecule has 98 valence electrons. The van der Waals surface area contributed by atoms with Gasteiger partial charge in [-0.3, -0.25) is 4.79 Å². The van der Waals surface area contributed by atoms with Crippen molar-refractivity contribution in [3.8, 4) is 0 Å². The minimum atomic E-state index is -0.0947. The molecule has 2 rings (SSSR count). The van der Waals surface area contributed by atoms with Crippen molar-refractivity contribution < 1.29 is 4.79 Å². The quantitative estimate of drug-likeness (QED) is 0.914. The maximum Gasteiger partial charge on any atom is 0.229 e. The number of carbonyl (C=O) groups excluding carboxylic acids is 1. The van der Waals surface area contributed by atoms with Gasteiger partial charge in [0.2, 0.25) is 5.91 Å². The van der Waals surface area contributed by atoms with Crippen LogP contribution in [-0.4, -0.2) is 10.9 Å². The summed E-state index contributed by atoms with van der Waals surface area (Å²) in [5.41, 5.74) is 8.01. The zero-order chi connectivity index (χ0) is 13.8. The number of amides is 1. The number of rotatable bonds is 3. The fourth-order valence-corrected chi connectivity index (χ4v) is 1.96. The lowest BCUT2D eigenvalue weighted by atomic mass is 10.1. The van der Waals surface area contributed by atoms with Crippen LogP contribution in [0.15, 0.2) is 41.0 Å². The van der Waals surface area contributed by atoms with Crippen molar-refractivity contribution in [1.82, 2.24) is 4.98 Å². The standard InChI is InChI=1S/C14H14BrN3O/c1-9-6-12(16)8-17-14(9)18-13(19)7-10-2-4-11(15)5-3-10/h2-6,8H,7,16H2,1H3,(H,17,18,19). The van der Waals surface area contributed by atoms with Crippen LogP contribution < -0.4 is 11.1 Å². The molecule has 0 bridgehead atoms. The van der Waals surface area contributed by atoms with Gasteiger partial charge in [-0.15, -0.1) is 0 Å². The summed E-state index contributed by atoms with van der Waals surface area (Å²) < 4.78 is 0.993. The fraction of sp³-hybridized carbons (Fsp3) is 0.143. The highest BCUT2D eigenvalue weighted by Gasteiger charge is 2.07. The summed E-state index contributed by atoms with van der Waals surface area (Å²) in [5.74, 6) is 0.457. The number of pyridine rings is 1. The molecule has 0 saturated carbocycles. The number of aromatic nitrogens is 1. The first kappa shape index (κ1) is 13.5. The zero-order valence-corrected chi connectivity index (χ0v) is 12.1. The Morgan fingerprint density at radius 1 is 1.37 bits per heavy atom. The molecule has 5 heteroatoms. The first-order valence-corrected chi connectivity index (χ1v) is 6.60. The number of halogens is 1. The Hall–Kier alpha value is -1.88. The molecule has 0 saturated heterocycles. The van der Waals surface area contributed by atoms with Crippen LogP contribution in [0.1, 0.15) is 11.1 Å². The predicted octanol–water partition coefficient (Wildman–Crippen LogP) is 2.92. The molecule has 0 aliphatic carbocycles. The van der Waals surface area contributed by atoms with E-state index in [1.54, 1.807) is 6.07 Å². The molecule has 3 N–H and O–H groups in total. The van der Waals surface area contributed by atoms with Crippen LogP contribution >= 0.6 is 15.9 Å². The fourth-order valence-electron chi connectivity index (χ4n) is 1.69. The van der Waals surface area contributed by atoms with Gasteiger partial charge in [0.05, 0.1) is 18.3 Å². The number of hydrogen-bond acceptors (Lipinski definition) is 3. The van der Waals surface area contributed by atoms with E-state index in [-0.39, 0.29) is 5.91 Å². The van der Waals surface area contributed by atoms with Crippen molar-refractivity contribution in [3.05, 3.63) is 52.1 Å². The van der Waals surface area contributed by atoms with Crippen LogP contribution in [0, 0.1) is 6.92 Å². The van der Waals surface area contributed by atoms with Gasteiger partial charge in [0.1, 0.15) is 5.82 Å². The second-order valence-corrected chi connectivity index (χ2v) is 5.20. The lowest BCUT2D eigenvalue weighted by molar-refractivity contribution is -0.115. The first-order valence-electron chi connectivity index (χ1n) is 5.81. The van der Waals surface area contributed by atoms with E-state index in [1.807, 2.05) is 31.2 Å². The third-order valence-corrected chi connectivity index (χ3v) is 3.16. The molecule has 0 spiro atoms. The molecule has 19 heavy (non-hydrogen) atoms. The van der Waals surface area contributed by atoms with Gasteiger partial charge in [0.15, 0.2) is 0 Å². The SMILES string of the molecule is Cc1cc(N)cnc1NC(=O)Cc1ccc(Br)cc1. The Labute approximate surface area is 120 Å². The Morgan fingerprint density at radius 2 is 2.05 bits per heavy atom. The molecule has 1 aromatic heterocycles. The highest BCUT2D eigenvalue weighted by atomic mass is 79.9. The molecule has 0 aliphatic heterocycles. The second-order valence-electron chi connectivity index (χ2n) is 4.29. The third-order valence-electron chi connectivity index (χ3n) is 2.64. The average Bonchev–Trinajstić information content (AvgIpc) is 2.36. The highest BCUT2D eigenvalue weighted by molar-refractivity contribution is 9.10. The summed E-state index contributed by atoms with van der Waals surface area (Å²) in [6.45, 7) is 1.86. The monoisotopic (exact) mass is 319 g/mol. The normalized spacial score (nSPS) is 10.2. The molecule has 4 nitrogen and oxygen atoms in total. The number of aryl methyl sites for hydroxylation is 1. The highest BCUT2D eigenvalue weighted by Crippen LogP contribution is 2.15. The minimum Gasteiger partial charge on any atom is -0.397 e. The van der Waals surface area contributed by atoms with E-state index in [9.17, 15) is 4.79 Å². The molecule has 1 amide bonds. The Kier molecular flexibility index (Phi) is 4.16. The van der Waals surface area contributed by atoms with Crippen LogP contribution in [0.4, 0.5) is 11.5 Å². The largest absolute Gasteiger partial charge is 0.397 e. The third kappa shape index (κ3) is 3.79. The second kappa shape index (κ2) is 5.84. The molecular weight excluding hydrogens is 306 g/mol. The number of nitrogens with zero attached hydrogens (tertiary/aromatic N) is 1. The lowest BCUT2D eigenvalue weighted by Gasteiger charge is -2.08. The molecule has 0 unspecified atom stereocenters. The van der Waals surface area contributed by atoms with Crippen LogP contribution in [0.3, 0.4) is 0 Å². The summed E-state index contributed by atoms with van der Waals surface area (Å²) in [5, 5.41) is 2.78. The molecule has 1 heterocycles. The van der Waals surface area contributed by atoms with Gasteiger partial charge in [-0.05, 0) is 36.2 Å². The van der Waals surface area contributed by atoms with Crippen LogP contribution in [0.25, 0.3) is 0 Å². The summed E-state index contributed by atoms with van der Waals surface area (Å²) in [6, 6.07) is 9.42.